The van der Waals surface area contributed by atoms with Crippen molar-refractivity contribution in [3.8, 4) is 22.8 Å². The van der Waals surface area contributed by atoms with Crippen LogP contribution in [-0.2, 0) is 6.54 Å². The molecule has 1 aliphatic heterocycles. The number of benzene rings is 1. The van der Waals surface area contributed by atoms with Crippen LogP contribution in [0.3, 0.4) is 0 Å². The molecule has 2 heterocycles. The van der Waals surface area contributed by atoms with Gasteiger partial charge in [-0.3, -0.25) is 0 Å². The zero-order chi connectivity index (χ0) is 15.0. The van der Waals surface area contributed by atoms with Crippen molar-refractivity contribution in [3.05, 3.63) is 30.2 Å². The molecule has 2 unspecified atom stereocenters. The second-order valence-corrected chi connectivity index (χ2v) is 5.65. The van der Waals surface area contributed by atoms with Crippen LogP contribution in [0.25, 0.3) is 11.3 Å². The molecule has 0 saturated heterocycles. The highest BCUT2D eigenvalue weighted by molar-refractivity contribution is 5.63. The smallest absolute Gasteiger partial charge is 0.161 e. The normalized spacial score (nSPS) is 21.0. The van der Waals surface area contributed by atoms with Crippen molar-refractivity contribution in [1.82, 2.24) is 9.55 Å². The second-order valence-electron chi connectivity index (χ2n) is 5.65. The van der Waals surface area contributed by atoms with Crippen molar-refractivity contribution in [1.29, 1.82) is 0 Å². The summed E-state index contributed by atoms with van der Waals surface area (Å²) >= 11 is 0. The number of imidazole rings is 1. The summed E-state index contributed by atoms with van der Waals surface area (Å²) in [6.07, 6.45) is 3.06. The topological polar surface area (TPSA) is 62.3 Å². The highest BCUT2D eigenvalue weighted by Gasteiger charge is 2.24. The van der Waals surface area contributed by atoms with Crippen LogP contribution in [0.4, 0.5) is 0 Å². The first kappa shape index (κ1) is 13.9. The zero-order valence-corrected chi connectivity index (χ0v) is 12.7. The Balaban J connectivity index is 2.00. The SMILES string of the molecule is COc1ccc(-c2cn3c(n2)C(N)CC(C)C3)cc1OC. The lowest BCUT2D eigenvalue weighted by Crippen LogP contribution is -2.26. The van der Waals surface area contributed by atoms with Gasteiger partial charge in [0.15, 0.2) is 11.5 Å². The van der Waals surface area contributed by atoms with Crippen LogP contribution >= 0.6 is 0 Å². The molecule has 5 heteroatoms. The number of fused-ring (bicyclic) bond motifs is 1. The third kappa shape index (κ3) is 2.49. The third-order valence-corrected chi connectivity index (χ3v) is 3.98. The van der Waals surface area contributed by atoms with E-state index < -0.39 is 0 Å². The third-order valence-electron chi connectivity index (χ3n) is 3.98. The lowest BCUT2D eigenvalue weighted by atomic mass is 9.98. The number of hydrogen-bond acceptors (Lipinski definition) is 4. The van der Waals surface area contributed by atoms with Crippen LogP contribution in [0, 0.1) is 5.92 Å². The summed E-state index contributed by atoms with van der Waals surface area (Å²) in [6.45, 7) is 3.20. The summed E-state index contributed by atoms with van der Waals surface area (Å²) in [7, 11) is 3.27. The first-order valence-electron chi connectivity index (χ1n) is 7.17. The van der Waals surface area contributed by atoms with E-state index in [2.05, 4.69) is 17.7 Å². The highest BCUT2D eigenvalue weighted by Crippen LogP contribution is 2.34. The molecule has 3 rings (SSSR count). The fraction of sp³-hybridized carbons (Fsp3) is 0.438. The summed E-state index contributed by atoms with van der Waals surface area (Å²) < 4.78 is 12.8. The molecule has 2 aromatic rings. The predicted octanol–water partition coefficient (Wildman–Crippen LogP) is 2.61. The molecule has 1 aliphatic rings. The Morgan fingerprint density at radius 1 is 1.24 bits per heavy atom. The van der Waals surface area contributed by atoms with Crippen molar-refractivity contribution in [2.24, 2.45) is 11.7 Å². The summed E-state index contributed by atoms with van der Waals surface area (Å²) in [6, 6.07) is 5.85. The van der Waals surface area contributed by atoms with Crippen molar-refractivity contribution >= 4 is 0 Å². The monoisotopic (exact) mass is 287 g/mol. The maximum Gasteiger partial charge on any atom is 0.161 e. The van der Waals surface area contributed by atoms with Crippen molar-refractivity contribution in [3.63, 3.8) is 0 Å². The van der Waals surface area contributed by atoms with Gasteiger partial charge in [0.2, 0.25) is 0 Å². The van der Waals surface area contributed by atoms with Crippen molar-refractivity contribution in [2.75, 3.05) is 14.2 Å². The van der Waals surface area contributed by atoms with E-state index in [0.29, 0.717) is 11.7 Å². The van der Waals surface area contributed by atoms with Crippen LogP contribution in [0.5, 0.6) is 11.5 Å². The standard InChI is InChI=1S/C16H21N3O2/c1-10-6-12(17)16-18-13(9-19(16)8-10)11-4-5-14(20-2)15(7-11)21-3/h4-5,7,9-10,12H,6,8,17H2,1-3H3. The Labute approximate surface area is 124 Å². The van der Waals surface area contributed by atoms with E-state index in [1.807, 2.05) is 18.2 Å². The second kappa shape index (κ2) is 5.41. The van der Waals surface area contributed by atoms with Crippen molar-refractivity contribution in [2.45, 2.75) is 25.9 Å². The van der Waals surface area contributed by atoms with E-state index in [4.69, 9.17) is 20.2 Å². The number of nitrogens with two attached hydrogens (primary N) is 1. The predicted molar refractivity (Wildman–Crippen MR) is 81.5 cm³/mol. The van der Waals surface area contributed by atoms with Gasteiger partial charge in [0.05, 0.1) is 26.0 Å². The van der Waals surface area contributed by atoms with Gasteiger partial charge in [-0.1, -0.05) is 6.92 Å². The van der Waals surface area contributed by atoms with Crippen molar-refractivity contribution < 1.29 is 9.47 Å². The lowest BCUT2D eigenvalue weighted by Gasteiger charge is -2.25. The van der Waals surface area contributed by atoms with E-state index in [-0.39, 0.29) is 6.04 Å². The van der Waals surface area contributed by atoms with Crippen LogP contribution < -0.4 is 15.2 Å². The number of hydrogen-bond donors (Lipinski definition) is 1. The molecule has 2 atom stereocenters. The van der Waals surface area contributed by atoms with E-state index >= 15 is 0 Å². The molecule has 1 aromatic heterocycles. The molecule has 0 fully saturated rings. The minimum absolute atomic E-state index is 0.0163. The number of rotatable bonds is 3. The molecular weight excluding hydrogens is 266 g/mol. The molecular formula is C16H21N3O2. The van der Waals surface area contributed by atoms with E-state index in [9.17, 15) is 0 Å². The number of aromatic nitrogens is 2. The molecule has 21 heavy (non-hydrogen) atoms. The molecule has 2 N–H and O–H groups in total. The molecule has 0 spiro atoms. The average Bonchev–Trinajstić information content (AvgIpc) is 2.90. The van der Waals surface area contributed by atoms with Crippen LogP contribution in [0.15, 0.2) is 24.4 Å². The molecule has 112 valence electrons. The summed E-state index contributed by atoms with van der Waals surface area (Å²) in [5.41, 5.74) is 8.14. The molecule has 0 amide bonds. The van der Waals surface area contributed by atoms with E-state index in [1.165, 1.54) is 0 Å². The van der Waals surface area contributed by atoms with Gasteiger partial charge >= 0.3 is 0 Å². The Hall–Kier alpha value is -2.01. The van der Waals surface area contributed by atoms with Gasteiger partial charge in [-0.15, -0.1) is 0 Å². The van der Waals surface area contributed by atoms with Gasteiger partial charge in [-0.05, 0) is 30.5 Å². The van der Waals surface area contributed by atoms with Crippen LogP contribution in [-0.4, -0.2) is 23.8 Å². The molecule has 0 aliphatic carbocycles. The largest absolute Gasteiger partial charge is 0.493 e. The van der Waals surface area contributed by atoms with E-state index in [0.717, 1.165) is 35.8 Å². The minimum atomic E-state index is 0.0163. The summed E-state index contributed by atoms with van der Waals surface area (Å²) in [5, 5.41) is 0. The summed E-state index contributed by atoms with van der Waals surface area (Å²) in [5.74, 6) is 2.98. The Bertz CT molecular complexity index is 651. The quantitative estimate of drug-likeness (QED) is 0.942. The molecule has 1 aromatic carbocycles. The Kier molecular flexibility index (Phi) is 3.59. The van der Waals surface area contributed by atoms with Gasteiger partial charge in [0.1, 0.15) is 5.82 Å². The highest BCUT2D eigenvalue weighted by atomic mass is 16.5. The van der Waals surface area contributed by atoms with Gasteiger partial charge in [0.25, 0.3) is 0 Å². The van der Waals surface area contributed by atoms with E-state index in [1.54, 1.807) is 14.2 Å². The maximum absolute atomic E-state index is 6.20. The fourth-order valence-corrected chi connectivity index (χ4v) is 2.96. The maximum atomic E-state index is 6.20. The summed E-state index contributed by atoms with van der Waals surface area (Å²) in [4.78, 5) is 4.71. The number of nitrogens with zero attached hydrogens (tertiary/aromatic N) is 2. The first-order valence-corrected chi connectivity index (χ1v) is 7.17. The molecule has 0 bridgehead atoms. The Morgan fingerprint density at radius 3 is 2.71 bits per heavy atom. The number of ether oxygens (including phenoxy) is 2. The molecule has 0 radical (unpaired) electrons. The first-order chi connectivity index (χ1) is 10.1. The Morgan fingerprint density at radius 2 is 2.00 bits per heavy atom. The minimum Gasteiger partial charge on any atom is -0.493 e. The molecule has 0 saturated carbocycles. The van der Waals surface area contributed by atoms with Gasteiger partial charge in [0, 0.05) is 18.3 Å². The number of methoxy groups -OCH3 is 2. The molecule has 5 nitrogen and oxygen atoms in total. The van der Waals surface area contributed by atoms with Crippen LogP contribution in [0.2, 0.25) is 0 Å². The fourth-order valence-electron chi connectivity index (χ4n) is 2.96. The zero-order valence-electron chi connectivity index (χ0n) is 12.7. The van der Waals surface area contributed by atoms with Crippen LogP contribution in [0.1, 0.15) is 25.2 Å². The van der Waals surface area contributed by atoms with Gasteiger partial charge < -0.3 is 19.8 Å². The van der Waals surface area contributed by atoms with Gasteiger partial charge in [-0.25, -0.2) is 4.98 Å². The lowest BCUT2D eigenvalue weighted by molar-refractivity contribution is 0.346. The average molecular weight is 287 g/mol. The van der Waals surface area contributed by atoms with Gasteiger partial charge in [-0.2, -0.15) is 0 Å².